The number of likely N-dealkylation sites (tertiary alicyclic amines) is 1. The van der Waals surface area contributed by atoms with E-state index in [4.69, 9.17) is 0 Å². The Balaban J connectivity index is 1.98. The van der Waals surface area contributed by atoms with Crippen LogP contribution in [-0.2, 0) is 4.79 Å². The van der Waals surface area contributed by atoms with Gasteiger partial charge in [-0.15, -0.1) is 0 Å². The zero-order valence-corrected chi connectivity index (χ0v) is 12.9. The summed E-state index contributed by atoms with van der Waals surface area (Å²) in [5.74, 6) is 0.359. The summed E-state index contributed by atoms with van der Waals surface area (Å²) in [6.07, 6.45) is 3.06. The van der Waals surface area contributed by atoms with Gasteiger partial charge in [-0.05, 0) is 45.3 Å². The minimum absolute atomic E-state index is 0.135. The molecule has 2 rings (SSSR count). The van der Waals surface area contributed by atoms with E-state index in [1.165, 1.54) is 11.1 Å². The summed E-state index contributed by atoms with van der Waals surface area (Å²) in [7, 11) is 2.09. The minimum atomic E-state index is 0.135. The number of piperidine rings is 1. The van der Waals surface area contributed by atoms with E-state index in [0.717, 1.165) is 32.4 Å². The number of hydrogen-bond donors (Lipinski definition) is 1. The molecule has 1 saturated heterocycles. The maximum atomic E-state index is 12.4. The van der Waals surface area contributed by atoms with Crippen molar-refractivity contribution < 1.29 is 4.79 Å². The smallest absolute Gasteiger partial charge is 0.224 e. The van der Waals surface area contributed by atoms with E-state index in [2.05, 4.69) is 55.4 Å². The highest BCUT2D eigenvalue weighted by Crippen LogP contribution is 2.20. The Morgan fingerprint density at radius 3 is 2.70 bits per heavy atom. The molecular weight excluding hydrogens is 248 g/mol. The van der Waals surface area contributed by atoms with Gasteiger partial charge in [0.15, 0.2) is 0 Å². The monoisotopic (exact) mass is 274 g/mol. The fourth-order valence-electron chi connectivity index (χ4n) is 2.89. The Hall–Kier alpha value is -1.35. The molecule has 1 N–H and O–H groups in total. The average Bonchev–Trinajstić information content (AvgIpc) is 2.45. The van der Waals surface area contributed by atoms with Crippen molar-refractivity contribution in [3.63, 3.8) is 0 Å². The average molecular weight is 274 g/mol. The van der Waals surface area contributed by atoms with E-state index in [9.17, 15) is 4.79 Å². The molecule has 20 heavy (non-hydrogen) atoms. The number of carbonyl (C=O) groups excluding carboxylic acids is 1. The molecule has 0 bridgehead atoms. The van der Waals surface area contributed by atoms with Crippen LogP contribution in [0.2, 0.25) is 0 Å². The highest BCUT2D eigenvalue weighted by Gasteiger charge is 2.25. The van der Waals surface area contributed by atoms with Gasteiger partial charge < -0.3 is 10.2 Å². The fourth-order valence-corrected chi connectivity index (χ4v) is 2.89. The minimum Gasteiger partial charge on any atom is -0.349 e. The lowest BCUT2D eigenvalue weighted by atomic mass is 9.96. The lowest BCUT2D eigenvalue weighted by molar-refractivity contribution is -0.127. The number of benzene rings is 1. The van der Waals surface area contributed by atoms with Crippen molar-refractivity contribution in [2.75, 3.05) is 20.1 Å². The number of rotatable bonds is 4. The maximum Gasteiger partial charge on any atom is 0.224 e. The standard InChI is InChI=1S/C17H26N2O/c1-4-16(14-9-7-13(2)8-10-14)18-17(20)15-6-5-11-19(3)12-15/h7-10,15-16H,4-6,11-12H2,1-3H3,(H,18,20)/t15-,16-/m0/s1. The van der Waals surface area contributed by atoms with Gasteiger partial charge in [0.25, 0.3) is 0 Å². The first kappa shape index (κ1) is 15.0. The molecule has 1 aromatic rings. The van der Waals surface area contributed by atoms with Gasteiger partial charge in [0.2, 0.25) is 5.91 Å². The summed E-state index contributed by atoms with van der Waals surface area (Å²) in [5, 5.41) is 3.23. The van der Waals surface area contributed by atoms with E-state index in [-0.39, 0.29) is 17.9 Å². The number of nitrogens with zero attached hydrogens (tertiary/aromatic N) is 1. The molecule has 0 saturated carbocycles. The zero-order chi connectivity index (χ0) is 14.5. The van der Waals surface area contributed by atoms with Crippen LogP contribution in [0.3, 0.4) is 0 Å². The second kappa shape index (κ2) is 6.89. The SMILES string of the molecule is CC[C@H](NC(=O)[C@H]1CCCN(C)C1)c1ccc(C)cc1. The number of hydrogen-bond acceptors (Lipinski definition) is 2. The predicted molar refractivity (Wildman–Crippen MR) is 82.6 cm³/mol. The first-order chi connectivity index (χ1) is 9.60. The quantitative estimate of drug-likeness (QED) is 0.915. The first-order valence-electron chi connectivity index (χ1n) is 7.65. The summed E-state index contributed by atoms with van der Waals surface area (Å²) in [6.45, 7) is 6.20. The van der Waals surface area contributed by atoms with Crippen molar-refractivity contribution in [2.24, 2.45) is 5.92 Å². The van der Waals surface area contributed by atoms with Crippen LogP contribution in [0, 0.1) is 12.8 Å². The molecule has 1 aliphatic heterocycles. The van der Waals surface area contributed by atoms with E-state index in [0.29, 0.717) is 0 Å². The van der Waals surface area contributed by atoms with Gasteiger partial charge in [-0.3, -0.25) is 4.79 Å². The Kier molecular flexibility index (Phi) is 5.18. The van der Waals surface area contributed by atoms with Crippen molar-refractivity contribution in [2.45, 2.75) is 39.2 Å². The van der Waals surface area contributed by atoms with Crippen molar-refractivity contribution in [3.05, 3.63) is 35.4 Å². The van der Waals surface area contributed by atoms with E-state index < -0.39 is 0 Å². The number of nitrogens with one attached hydrogen (secondary N) is 1. The topological polar surface area (TPSA) is 32.3 Å². The van der Waals surface area contributed by atoms with Crippen LogP contribution >= 0.6 is 0 Å². The third kappa shape index (κ3) is 3.83. The molecule has 1 aliphatic rings. The van der Waals surface area contributed by atoms with Gasteiger partial charge >= 0.3 is 0 Å². The van der Waals surface area contributed by atoms with E-state index in [1.54, 1.807) is 0 Å². The molecular formula is C17H26N2O. The Morgan fingerprint density at radius 2 is 2.10 bits per heavy atom. The van der Waals surface area contributed by atoms with Crippen LogP contribution in [0.25, 0.3) is 0 Å². The van der Waals surface area contributed by atoms with Crippen LogP contribution in [0.4, 0.5) is 0 Å². The molecule has 3 heteroatoms. The van der Waals surface area contributed by atoms with Crippen LogP contribution in [-0.4, -0.2) is 30.9 Å². The van der Waals surface area contributed by atoms with Crippen LogP contribution in [0.15, 0.2) is 24.3 Å². The van der Waals surface area contributed by atoms with Gasteiger partial charge in [0.1, 0.15) is 0 Å². The third-order valence-electron chi connectivity index (χ3n) is 4.20. The van der Waals surface area contributed by atoms with Crippen molar-refractivity contribution >= 4 is 5.91 Å². The Morgan fingerprint density at radius 1 is 1.40 bits per heavy atom. The van der Waals surface area contributed by atoms with E-state index in [1.807, 2.05) is 0 Å². The molecule has 0 radical (unpaired) electrons. The molecule has 1 fully saturated rings. The summed E-state index contributed by atoms with van der Waals surface area (Å²) < 4.78 is 0. The largest absolute Gasteiger partial charge is 0.349 e. The van der Waals surface area contributed by atoms with Crippen molar-refractivity contribution in [1.82, 2.24) is 10.2 Å². The summed E-state index contributed by atoms with van der Waals surface area (Å²) in [4.78, 5) is 14.7. The van der Waals surface area contributed by atoms with Gasteiger partial charge in [-0.1, -0.05) is 36.8 Å². The van der Waals surface area contributed by atoms with Gasteiger partial charge in [0, 0.05) is 6.54 Å². The normalized spacial score (nSPS) is 21.4. The van der Waals surface area contributed by atoms with Crippen molar-refractivity contribution in [3.8, 4) is 0 Å². The lowest BCUT2D eigenvalue weighted by Gasteiger charge is -2.30. The molecule has 1 amide bonds. The van der Waals surface area contributed by atoms with E-state index >= 15 is 0 Å². The Bertz CT molecular complexity index is 441. The molecule has 0 spiro atoms. The van der Waals surface area contributed by atoms with Crippen LogP contribution in [0.5, 0.6) is 0 Å². The molecule has 1 heterocycles. The van der Waals surface area contributed by atoms with Gasteiger partial charge in [0.05, 0.1) is 12.0 Å². The zero-order valence-electron chi connectivity index (χ0n) is 12.9. The predicted octanol–water partition coefficient (Wildman–Crippen LogP) is 2.90. The molecule has 1 aromatic carbocycles. The molecule has 0 aliphatic carbocycles. The van der Waals surface area contributed by atoms with Crippen molar-refractivity contribution in [1.29, 1.82) is 0 Å². The Labute approximate surface area is 122 Å². The second-order valence-electron chi connectivity index (χ2n) is 5.98. The molecule has 2 atom stereocenters. The highest BCUT2D eigenvalue weighted by atomic mass is 16.2. The fraction of sp³-hybridized carbons (Fsp3) is 0.588. The van der Waals surface area contributed by atoms with Gasteiger partial charge in [-0.25, -0.2) is 0 Å². The first-order valence-corrected chi connectivity index (χ1v) is 7.65. The summed E-state index contributed by atoms with van der Waals surface area (Å²) in [6, 6.07) is 8.60. The number of carbonyl (C=O) groups is 1. The molecule has 0 aromatic heterocycles. The highest BCUT2D eigenvalue weighted by molar-refractivity contribution is 5.79. The summed E-state index contributed by atoms with van der Waals surface area (Å²) >= 11 is 0. The number of amides is 1. The number of aryl methyl sites for hydroxylation is 1. The van der Waals surface area contributed by atoms with Gasteiger partial charge in [-0.2, -0.15) is 0 Å². The van der Waals surface area contributed by atoms with Crippen LogP contribution in [0.1, 0.15) is 43.4 Å². The molecule has 110 valence electrons. The summed E-state index contributed by atoms with van der Waals surface area (Å²) in [5.41, 5.74) is 2.46. The molecule has 0 unspecified atom stereocenters. The second-order valence-corrected chi connectivity index (χ2v) is 5.98. The third-order valence-corrected chi connectivity index (χ3v) is 4.20. The molecule has 3 nitrogen and oxygen atoms in total. The van der Waals surface area contributed by atoms with Crippen LogP contribution < -0.4 is 5.32 Å². The lowest BCUT2D eigenvalue weighted by Crippen LogP contribution is -2.42. The maximum absolute atomic E-state index is 12.4.